The Morgan fingerprint density at radius 1 is 1.15 bits per heavy atom. The summed E-state index contributed by atoms with van der Waals surface area (Å²) >= 11 is 13.6. The van der Waals surface area contributed by atoms with Crippen molar-refractivity contribution in [3.63, 3.8) is 0 Å². The van der Waals surface area contributed by atoms with Crippen LogP contribution in [0.3, 0.4) is 0 Å². The molecular weight excluding hydrogens is 563 g/mol. The number of esters is 1. The van der Waals surface area contributed by atoms with E-state index in [2.05, 4.69) is 4.99 Å². The molecule has 0 fully saturated rings. The first-order valence-corrected chi connectivity index (χ1v) is 13.8. The standard InChI is InChI=1S/C28H28Cl2N2O6S/c1-5-11-37-25-19(7-6-8-21(25)36-4)24-23(27(34)38-13-12-35-3)16(2)31-28-32(24)26(33)22(39-28)14-17-9-10-18(29)15-20(17)30/h6-10,14-15,24H,5,11-13H2,1-4H3/b22-14+/t24-/m1/s1. The molecule has 0 saturated heterocycles. The van der Waals surface area contributed by atoms with Crippen LogP contribution in [0.15, 0.2) is 57.5 Å². The fourth-order valence-electron chi connectivity index (χ4n) is 4.20. The van der Waals surface area contributed by atoms with E-state index in [1.807, 2.05) is 13.0 Å². The van der Waals surface area contributed by atoms with Gasteiger partial charge in [-0.15, -0.1) is 0 Å². The second kappa shape index (κ2) is 12.8. The lowest BCUT2D eigenvalue weighted by atomic mass is 9.94. The van der Waals surface area contributed by atoms with Gasteiger partial charge in [-0.3, -0.25) is 9.36 Å². The number of fused-ring (bicyclic) bond motifs is 1. The van der Waals surface area contributed by atoms with Gasteiger partial charge in [0, 0.05) is 22.7 Å². The summed E-state index contributed by atoms with van der Waals surface area (Å²) in [6.07, 6.45) is 2.44. The molecule has 11 heteroatoms. The lowest BCUT2D eigenvalue weighted by Crippen LogP contribution is -2.40. The lowest BCUT2D eigenvalue weighted by Gasteiger charge is -2.27. The van der Waals surface area contributed by atoms with Gasteiger partial charge < -0.3 is 18.9 Å². The van der Waals surface area contributed by atoms with Crippen LogP contribution in [0.25, 0.3) is 6.08 Å². The monoisotopic (exact) mass is 590 g/mol. The highest BCUT2D eigenvalue weighted by Crippen LogP contribution is 2.41. The Labute approximate surface area is 239 Å². The number of rotatable bonds is 10. The number of allylic oxidation sites excluding steroid dienone is 1. The Morgan fingerprint density at radius 2 is 1.95 bits per heavy atom. The zero-order chi connectivity index (χ0) is 28.1. The van der Waals surface area contributed by atoms with Gasteiger partial charge in [0.25, 0.3) is 5.56 Å². The van der Waals surface area contributed by atoms with Crippen LogP contribution in [0.2, 0.25) is 10.0 Å². The highest BCUT2D eigenvalue weighted by Gasteiger charge is 2.36. The van der Waals surface area contributed by atoms with E-state index in [1.54, 1.807) is 50.4 Å². The second-order valence-corrected chi connectivity index (χ2v) is 10.5. The summed E-state index contributed by atoms with van der Waals surface area (Å²) in [5.74, 6) is 0.328. The highest BCUT2D eigenvalue weighted by atomic mass is 35.5. The molecule has 0 N–H and O–H groups in total. The lowest BCUT2D eigenvalue weighted by molar-refractivity contribution is -0.140. The number of nitrogens with zero attached hydrogens (tertiary/aromatic N) is 2. The Hall–Kier alpha value is -3.11. The van der Waals surface area contributed by atoms with E-state index in [-0.39, 0.29) is 24.3 Å². The summed E-state index contributed by atoms with van der Waals surface area (Å²) in [5.41, 5.74) is 1.53. The van der Waals surface area contributed by atoms with Gasteiger partial charge in [0.2, 0.25) is 0 Å². The number of halogens is 2. The molecule has 2 aromatic carbocycles. The van der Waals surface area contributed by atoms with Crippen LogP contribution in [0.5, 0.6) is 11.5 Å². The number of carbonyl (C=O) groups is 1. The molecule has 3 aromatic rings. The van der Waals surface area contributed by atoms with Crippen molar-refractivity contribution in [1.29, 1.82) is 0 Å². The zero-order valence-corrected chi connectivity index (χ0v) is 24.3. The normalized spacial score (nSPS) is 15.1. The Morgan fingerprint density at radius 3 is 2.64 bits per heavy atom. The van der Waals surface area contributed by atoms with E-state index in [0.717, 1.165) is 6.42 Å². The zero-order valence-electron chi connectivity index (χ0n) is 22.0. The van der Waals surface area contributed by atoms with Gasteiger partial charge in [0.1, 0.15) is 12.6 Å². The molecule has 206 valence electrons. The highest BCUT2D eigenvalue weighted by molar-refractivity contribution is 7.07. The number of ether oxygens (including phenoxy) is 4. The number of aromatic nitrogens is 1. The largest absolute Gasteiger partial charge is 0.493 e. The van der Waals surface area contributed by atoms with Crippen molar-refractivity contribution in [2.45, 2.75) is 26.3 Å². The summed E-state index contributed by atoms with van der Waals surface area (Å²) in [5, 5.41) is 0.898. The van der Waals surface area contributed by atoms with Gasteiger partial charge in [0.15, 0.2) is 16.3 Å². The maximum Gasteiger partial charge on any atom is 0.338 e. The van der Waals surface area contributed by atoms with Crippen molar-refractivity contribution in [3.05, 3.63) is 88.5 Å². The number of methoxy groups -OCH3 is 2. The summed E-state index contributed by atoms with van der Waals surface area (Å²) < 4.78 is 24.1. The molecule has 4 rings (SSSR count). The van der Waals surface area contributed by atoms with Gasteiger partial charge in [-0.1, -0.05) is 59.7 Å². The fourth-order valence-corrected chi connectivity index (χ4v) is 5.70. The predicted octanol–water partition coefficient (Wildman–Crippen LogP) is 4.53. The first kappa shape index (κ1) is 28.9. The molecule has 0 saturated carbocycles. The summed E-state index contributed by atoms with van der Waals surface area (Å²) in [7, 11) is 3.06. The molecular formula is C28H28Cl2N2O6S. The quantitative estimate of drug-likeness (QED) is 0.255. The minimum absolute atomic E-state index is 0.0512. The van der Waals surface area contributed by atoms with Crippen molar-refractivity contribution in [3.8, 4) is 11.5 Å². The number of benzene rings is 2. The molecule has 0 unspecified atom stereocenters. The van der Waals surface area contributed by atoms with Gasteiger partial charge in [0.05, 0.1) is 36.1 Å². The number of para-hydroxylation sites is 1. The topological polar surface area (TPSA) is 88.4 Å². The molecule has 0 amide bonds. The molecule has 0 bridgehead atoms. The number of thiazole rings is 1. The average molecular weight is 592 g/mol. The van der Waals surface area contributed by atoms with E-state index in [1.165, 1.54) is 23.0 Å². The molecule has 8 nitrogen and oxygen atoms in total. The molecule has 1 aliphatic heterocycles. The summed E-state index contributed by atoms with van der Waals surface area (Å²) in [6.45, 7) is 4.41. The average Bonchev–Trinajstić information content (AvgIpc) is 3.22. The van der Waals surface area contributed by atoms with Gasteiger partial charge in [-0.25, -0.2) is 9.79 Å². The summed E-state index contributed by atoms with van der Waals surface area (Å²) in [4.78, 5) is 32.4. The minimum Gasteiger partial charge on any atom is -0.493 e. The van der Waals surface area contributed by atoms with Crippen molar-refractivity contribution >= 4 is 46.6 Å². The third kappa shape index (κ3) is 6.06. The van der Waals surface area contributed by atoms with Crippen LogP contribution < -0.4 is 24.4 Å². The van der Waals surface area contributed by atoms with Crippen LogP contribution in [-0.2, 0) is 14.3 Å². The Balaban J connectivity index is 1.97. The third-order valence-electron chi connectivity index (χ3n) is 5.99. The van der Waals surface area contributed by atoms with Crippen molar-refractivity contribution in [2.75, 3.05) is 34.0 Å². The molecule has 0 radical (unpaired) electrons. The number of hydrogen-bond donors (Lipinski definition) is 0. The van der Waals surface area contributed by atoms with Crippen LogP contribution >= 0.6 is 34.5 Å². The smallest absolute Gasteiger partial charge is 0.338 e. The van der Waals surface area contributed by atoms with E-state index < -0.39 is 12.0 Å². The molecule has 2 heterocycles. The fraction of sp³-hybridized carbons (Fsp3) is 0.321. The Bertz CT molecular complexity index is 1590. The second-order valence-electron chi connectivity index (χ2n) is 8.60. The van der Waals surface area contributed by atoms with E-state index >= 15 is 0 Å². The minimum atomic E-state index is -0.874. The SMILES string of the molecule is CCCOc1c(OC)cccc1[C@@H]1C(C(=O)OCCOC)=C(C)N=c2s/c(=C/c3ccc(Cl)cc3Cl)c(=O)n21. The van der Waals surface area contributed by atoms with Gasteiger partial charge in [-0.05, 0) is 43.2 Å². The molecule has 39 heavy (non-hydrogen) atoms. The van der Waals surface area contributed by atoms with E-state index in [4.69, 9.17) is 42.1 Å². The first-order valence-electron chi connectivity index (χ1n) is 12.2. The van der Waals surface area contributed by atoms with Crippen LogP contribution in [0, 0.1) is 0 Å². The molecule has 1 atom stereocenters. The molecule has 0 spiro atoms. The van der Waals surface area contributed by atoms with Crippen LogP contribution in [0.1, 0.15) is 37.4 Å². The number of carbonyl (C=O) groups excluding carboxylic acids is 1. The maximum atomic E-state index is 13.9. The third-order valence-corrected chi connectivity index (χ3v) is 7.53. The van der Waals surface area contributed by atoms with E-state index in [0.29, 0.717) is 54.3 Å². The molecule has 0 aliphatic carbocycles. The van der Waals surface area contributed by atoms with Gasteiger partial charge in [-0.2, -0.15) is 0 Å². The molecule has 1 aliphatic rings. The maximum absolute atomic E-state index is 13.9. The number of hydrogen-bond acceptors (Lipinski definition) is 8. The van der Waals surface area contributed by atoms with Gasteiger partial charge >= 0.3 is 5.97 Å². The van der Waals surface area contributed by atoms with Crippen LogP contribution in [0.4, 0.5) is 0 Å². The van der Waals surface area contributed by atoms with Crippen molar-refractivity contribution in [2.24, 2.45) is 4.99 Å². The molecule has 1 aromatic heterocycles. The van der Waals surface area contributed by atoms with E-state index in [9.17, 15) is 9.59 Å². The summed E-state index contributed by atoms with van der Waals surface area (Å²) in [6, 6.07) is 9.55. The Kier molecular flexibility index (Phi) is 9.50. The van der Waals surface area contributed by atoms with Crippen LogP contribution in [-0.4, -0.2) is 44.6 Å². The predicted molar refractivity (Wildman–Crippen MR) is 152 cm³/mol. The first-order chi connectivity index (χ1) is 18.8. The van der Waals surface area contributed by atoms with Crippen molar-refractivity contribution < 1.29 is 23.7 Å². The van der Waals surface area contributed by atoms with Crippen molar-refractivity contribution in [1.82, 2.24) is 4.57 Å².